The van der Waals surface area contributed by atoms with Gasteiger partial charge in [-0.1, -0.05) is 6.07 Å². The highest BCUT2D eigenvalue weighted by Crippen LogP contribution is 2.21. The van der Waals surface area contributed by atoms with Crippen molar-refractivity contribution in [2.24, 2.45) is 0 Å². The summed E-state index contributed by atoms with van der Waals surface area (Å²) in [6.45, 7) is 4.14. The molecule has 0 bridgehead atoms. The van der Waals surface area contributed by atoms with Gasteiger partial charge in [0, 0.05) is 11.9 Å². The molecule has 0 unspecified atom stereocenters. The molecule has 0 aliphatic carbocycles. The Morgan fingerprint density at radius 3 is 2.71 bits per heavy atom. The van der Waals surface area contributed by atoms with Crippen molar-refractivity contribution in [1.29, 1.82) is 5.26 Å². The number of hydrogen-bond acceptors (Lipinski definition) is 3. The Kier molecular flexibility index (Phi) is 3.06. The molecule has 3 nitrogen and oxygen atoms in total. The highest BCUT2D eigenvalue weighted by Gasteiger charge is 2.02. The summed E-state index contributed by atoms with van der Waals surface area (Å²) in [5, 5.41) is 12.2. The van der Waals surface area contributed by atoms with Crippen LogP contribution in [-0.2, 0) is 0 Å². The van der Waals surface area contributed by atoms with Crippen LogP contribution >= 0.6 is 0 Å². The molecule has 0 aliphatic rings. The molecule has 1 aromatic carbocycles. The van der Waals surface area contributed by atoms with E-state index in [0.717, 1.165) is 11.4 Å². The average Bonchev–Trinajstić information content (AvgIpc) is 2.34. The van der Waals surface area contributed by atoms with Crippen molar-refractivity contribution in [3.63, 3.8) is 0 Å². The number of pyridine rings is 1. The maximum Gasteiger partial charge on any atom is 0.101 e. The number of anilines is 2. The minimum Gasteiger partial charge on any atom is -0.353 e. The van der Waals surface area contributed by atoms with Crippen LogP contribution < -0.4 is 5.32 Å². The Bertz CT molecular complexity index is 582. The number of nitrogens with zero attached hydrogens (tertiary/aromatic N) is 2. The third-order valence-corrected chi connectivity index (χ3v) is 2.73. The van der Waals surface area contributed by atoms with Crippen LogP contribution in [0.4, 0.5) is 11.4 Å². The first-order valence-electron chi connectivity index (χ1n) is 5.39. The summed E-state index contributed by atoms with van der Waals surface area (Å²) in [4.78, 5) is 4.02. The lowest BCUT2D eigenvalue weighted by Crippen LogP contribution is -1.95. The van der Waals surface area contributed by atoms with E-state index in [1.807, 2.05) is 6.07 Å². The summed E-state index contributed by atoms with van der Waals surface area (Å²) >= 11 is 0. The summed E-state index contributed by atoms with van der Waals surface area (Å²) in [6.07, 6.45) is 3.28. The van der Waals surface area contributed by atoms with Gasteiger partial charge in [0.15, 0.2) is 0 Å². The van der Waals surface area contributed by atoms with Gasteiger partial charge < -0.3 is 5.32 Å². The quantitative estimate of drug-likeness (QED) is 0.849. The second-order valence-electron chi connectivity index (χ2n) is 3.96. The first-order chi connectivity index (χ1) is 8.20. The van der Waals surface area contributed by atoms with E-state index in [0.29, 0.717) is 5.56 Å². The van der Waals surface area contributed by atoms with E-state index in [9.17, 15) is 0 Å². The van der Waals surface area contributed by atoms with E-state index >= 15 is 0 Å². The fourth-order valence-electron chi connectivity index (χ4n) is 1.57. The normalized spacial score (nSPS) is 9.71. The first-order valence-corrected chi connectivity index (χ1v) is 5.39. The van der Waals surface area contributed by atoms with Gasteiger partial charge in [0.25, 0.3) is 0 Å². The summed E-state index contributed by atoms with van der Waals surface area (Å²) < 4.78 is 0. The molecule has 1 aromatic heterocycles. The second-order valence-corrected chi connectivity index (χ2v) is 3.96. The number of rotatable bonds is 2. The largest absolute Gasteiger partial charge is 0.353 e. The molecule has 0 radical (unpaired) electrons. The summed E-state index contributed by atoms with van der Waals surface area (Å²) in [7, 11) is 0. The van der Waals surface area contributed by atoms with Gasteiger partial charge in [-0.2, -0.15) is 5.26 Å². The highest BCUT2D eigenvalue weighted by atomic mass is 14.9. The van der Waals surface area contributed by atoms with Crippen LogP contribution in [0.5, 0.6) is 0 Å². The summed E-state index contributed by atoms with van der Waals surface area (Å²) in [6, 6.07) is 9.95. The molecule has 0 saturated carbocycles. The van der Waals surface area contributed by atoms with Crippen LogP contribution in [0, 0.1) is 25.2 Å². The van der Waals surface area contributed by atoms with Gasteiger partial charge in [0.2, 0.25) is 0 Å². The molecule has 0 amide bonds. The Morgan fingerprint density at radius 1 is 1.18 bits per heavy atom. The zero-order valence-electron chi connectivity index (χ0n) is 9.86. The first kappa shape index (κ1) is 11.2. The molecule has 0 spiro atoms. The molecule has 3 heteroatoms. The topological polar surface area (TPSA) is 48.7 Å². The Hall–Kier alpha value is -2.34. The molecule has 0 fully saturated rings. The van der Waals surface area contributed by atoms with Crippen molar-refractivity contribution in [3.8, 4) is 6.07 Å². The number of aromatic nitrogens is 1. The SMILES string of the molecule is Cc1ccc(Nc2cnccc2C#N)cc1C. The van der Waals surface area contributed by atoms with E-state index in [2.05, 4.69) is 42.4 Å². The Labute approximate surface area is 101 Å². The van der Waals surface area contributed by atoms with Crippen LogP contribution in [0.1, 0.15) is 16.7 Å². The van der Waals surface area contributed by atoms with Gasteiger partial charge in [-0.15, -0.1) is 0 Å². The van der Waals surface area contributed by atoms with E-state index in [-0.39, 0.29) is 0 Å². The van der Waals surface area contributed by atoms with Crippen LogP contribution in [0.15, 0.2) is 36.7 Å². The molecule has 0 atom stereocenters. The maximum atomic E-state index is 8.98. The highest BCUT2D eigenvalue weighted by molar-refractivity contribution is 5.66. The minimum absolute atomic E-state index is 0.596. The van der Waals surface area contributed by atoms with E-state index in [1.54, 1.807) is 18.5 Å². The Balaban J connectivity index is 2.32. The molecule has 0 saturated heterocycles. The second kappa shape index (κ2) is 4.67. The lowest BCUT2D eigenvalue weighted by atomic mass is 10.1. The zero-order valence-corrected chi connectivity index (χ0v) is 9.86. The summed E-state index contributed by atoms with van der Waals surface area (Å²) in [5.41, 5.74) is 4.77. The van der Waals surface area contributed by atoms with Gasteiger partial charge in [0.05, 0.1) is 17.4 Å². The molecule has 1 N–H and O–H groups in total. The number of nitriles is 1. The molecule has 1 heterocycles. The van der Waals surface area contributed by atoms with Crippen LogP contribution in [-0.4, -0.2) is 4.98 Å². The smallest absolute Gasteiger partial charge is 0.101 e. The average molecular weight is 223 g/mol. The van der Waals surface area contributed by atoms with Crippen LogP contribution in [0.25, 0.3) is 0 Å². The third kappa shape index (κ3) is 2.43. The summed E-state index contributed by atoms with van der Waals surface area (Å²) in [5.74, 6) is 0. The number of benzene rings is 1. The van der Waals surface area contributed by atoms with Gasteiger partial charge in [-0.05, 0) is 43.2 Å². The lowest BCUT2D eigenvalue weighted by Gasteiger charge is -2.09. The molecular formula is C14H13N3. The van der Waals surface area contributed by atoms with Gasteiger partial charge in [0.1, 0.15) is 6.07 Å². The van der Waals surface area contributed by atoms with Crippen molar-refractivity contribution in [3.05, 3.63) is 53.3 Å². The number of nitrogens with one attached hydrogen (secondary N) is 1. The molecule has 2 aromatic rings. The number of aryl methyl sites for hydroxylation is 2. The lowest BCUT2D eigenvalue weighted by molar-refractivity contribution is 1.29. The predicted molar refractivity (Wildman–Crippen MR) is 68.2 cm³/mol. The fraction of sp³-hybridized carbons (Fsp3) is 0.143. The third-order valence-electron chi connectivity index (χ3n) is 2.73. The van der Waals surface area contributed by atoms with Gasteiger partial charge in [-0.25, -0.2) is 0 Å². The molecule has 17 heavy (non-hydrogen) atoms. The van der Waals surface area contributed by atoms with Crippen molar-refractivity contribution >= 4 is 11.4 Å². The standard InChI is InChI=1S/C14H13N3/c1-10-3-4-13(7-11(10)2)17-14-9-16-6-5-12(14)8-15/h3-7,9,17H,1-2H3. The predicted octanol–water partition coefficient (Wildman–Crippen LogP) is 3.31. The maximum absolute atomic E-state index is 8.98. The van der Waals surface area contributed by atoms with Crippen LogP contribution in [0.2, 0.25) is 0 Å². The van der Waals surface area contributed by atoms with E-state index in [4.69, 9.17) is 5.26 Å². The molecular weight excluding hydrogens is 210 g/mol. The van der Waals surface area contributed by atoms with Gasteiger partial charge >= 0.3 is 0 Å². The van der Waals surface area contributed by atoms with Crippen molar-refractivity contribution in [2.45, 2.75) is 13.8 Å². The van der Waals surface area contributed by atoms with E-state index in [1.165, 1.54) is 11.1 Å². The number of hydrogen-bond donors (Lipinski definition) is 1. The van der Waals surface area contributed by atoms with Crippen LogP contribution in [0.3, 0.4) is 0 Å². The van der Waals surface area contributed by atoms with Crippen molar-refractivity contribution in [1.82, 2.24) is 4.98 Å². The Morgan fingerprint density at radius 2 is 2.00 bits per heavy atom. The zero-order chi connectivity index (χ0) is 12.3. The molecule has 2 rings (SSSR count). The van der Waals surface area contributed by atoms with E-state index < -0.39 is 0 Å². The fourth-order valence-corrected chi connectivity index (χ4v) is 1.57. The minimum atomic E-state index is 0.596. The molecule has 0 aliphatic heterocycles. The molecule has 84 valence electrons. The van der Waals surface area contributed by atoms with Crippen molar-refractivity contribution < 1.29 is 0 Å². The van der Waals surface area contributed by atoms with Crippen molar-refractivity contribution in [2.75, 3.05) is 5.32 Å². The monoisotopic (exact) mass is 223 g/mol. The van der Waals surface area contributed by atoms with Gasteiger partial charge in [-0.3, -0.25) is 4.98 Å².